The molecule has 1 aromatic rings. The first-order chi connectivity index (χ1) is 14.1. The van der Waals surface area contributed by atoms with Crippen LogP contribution in [-0.2, 0) is 30.5 Å². The number of carbonyl (C=O) groups is 5. The molecule has 11 heteroatoms. The van der Waals surface area contributed by atoms with Crippen LogP contribution in [0.2, 0.25) is 0 Å². The Morgan fingerprint density at radius 1 is 0.967 bits per heavy atom. The molecule has 0 fully saturated rings. The maximum atomic E-state index is 12.2. The molecule has 0 aliphatic rings. The first-order valence-electron chi connectivity index (χ1n) is 9.02. The average Bonchev–Trinajstić information content (AvgIpc) is 2.71. The van der Waals surface area contributed by atoms with Gasteiger partial charge >= 0.3 is 12.1 Å². The third kappa shape index (κ3) is 8.91. The lowest BCUT2D eigenvalue weighted by Gasteiger charge is -2.21. The zero-order chi connectivity index (χ0) is 22.7. The van der Waals surface area contributed by atoms with Gasteiger partial charge in [-0.15, -0.1) is 11.6 Å². The SMILES string of the molecule is C[C@H](NC(=O)OCc1ccccc1)C(=O)N[C@@H](C)C(=O)N[C@@H](CC(=O)O)C(=O)CCl. The van der Waals surface area contributed by atoms with E-state index in [9.17, 15) is 24.0 Å². The average molecular weight is 442 g/mol. The van der Waals surface area contributed by atoms with Crippen LogP contribution in [0.5, 0.6) is 0 Å². The highest BCUT2D eigenvalue weighted by Crippen LogP contribution is 2.01. The van der Waals surface area contributed by atoms with Crippen molar-refractivity contribution in [3.05, 3.63) is 35.9 Å². The number of alkyl halides is 1. The zero-order valence-corrected chi connectivity index (χ0v) is 17.3. The number of nitrogens with one attached hydrogen (secondary N) is 3. The van der Waals surface area contributed by atoms with E-state index in [2.05, 4.69) is 16.0 Å². The number of hydrogen-bond acceptors (Lipinski definition) is 6. The molecule has 0 saturated heterocycles. The molecule has 0 saturated carbocycles. The third-order valence-electron chi connectivity index (χ3n) is 3.91. The van der Waals surface area contributed by atoms with Gasteiger partial charge in [-0.05, 0) is 19.4 Å². The van der Waals surface area contributed by atoms with Gasteiger partial charge in [0.15, 0.2) is 5.78 Å². The lowest BCUT2D eigenvalue weighted by atomic mass is 10.1. The molecule has 0 radical (unpaired) electrons. The van der Waals surface area contributed by atoms with Crippen molar-refractivity contribution in [2.45, 2.75) is 45.0 Å². The lowest BCUT2D eigenvalue weighted by molar-refractivity contribution is -0.140. The van der Waals surface area contributed by atoms with Gasteiger partial charge in [0.25, 0.3) is 0 Å². The maximum absolute atomic E-state index is 12.2. The lowest BCUT2D eigenvalue weighted by Crippen LogP contribution is -2.54. The molecule has 10 nitrogen and oxygen atoms in total. The molecule has 0 spiro atoms. The summed E-state index contributed by atoms with van der Waals surface area (Å²) in [5.41, 5.74) is 0.775. The van der Waals surface area contributed by atoms with Crippen molar-refractivity contribution in [3.8, 4) is 0 Å². The number of Topliss-reactive ketones (excluding diaryl/α,β-unsaturated/α-hetero) is 1. The molecule has 3 amide bonds. The van der Waals surface area contributed by atoms with E-state index < -0.39 is 60.1 Å². The zero-order valence-electron chi connectivity index (χ0n) is 16.5. The standard InChI is InChI=1S/C19H24ClN3O7/c1-11(18(28)23-14(8-16(25)26)15(24)9-20)21-17(27)12(2)22-19(29)30-10-13-6-4-3-5-7-13/h3-7,11-12,14H,8-10H2,1-2H3,(H,21,27)(H,22,29)(H,23,28)(H,25,26)/t11-,12-,14-/m0/s1. The van der Waals surface area contributed by atoms with Gasteiger partial charge in [-0.3, -0.25) is 19.2 Å². The molecule has 30 heavy (non-hydrogen) atoms. The molecule has 3 atom stereocenters. The minimum Gasteiger partial charge on any atom is -0.481 e. The Morgan fingerprint density at radius 3 is 2.10 bits per heavy atom. The Kier molecular flexibility index (Phi) is 10.3. The van der Waals surface area contributed by atoms with Gasteiger partial charge < -0.3 is 25.8 Å². The summed E-state index contributed by atoms with van der Waals surface area (Å²) in [5.74, 6) is -3.87. The molecule has 164 valence electrons. The van der Waals surface area contributed by atoms with Gasteiger partial charge in [0, 0.05) is 0 Å². The van der Waals surface area contributed by atoms with E-state index in [-0.39, 0.29) is 6.61 Å². The molecule has 0 aromatic heterocycles. The summed E-state index contributed by atoms with van der Waals surface area (Å²) >= 11 is 5.42. The third-order valence-corrected chi connectivity index (χ3v) is 4.17. The van der Waals surface area contributed by atoms with Crippen molar-refractivity contribution in [1.82, 2.24) is 16.0 Å². The van der Waals surface area contributed by atoms with E-state index in [1.54, 1.807) is 24.3 Å². The van der Waals surface area contributed by atoms with Crippen LogP contribution in [0.25, 0.3) is 0 Å². The Bertz CT molecular complexity index is 773. The van der Waals surface area contributed by atoms with Crippen LogP contribution in [0.3, 0.4) is 0 Å². The molecule has 0 aliphatic carbocycles. The summed E-state index contributed by atoms with van der Waals surface area (Å²) in [6, 6.07) is 5.54. The van der Waals surface area contributed by atoms with Crippen LogP contribution >= 0.6 is 11.6 Å². The van der Waals surface area contributed by atoms with Crippen LogP contribution in [0.1, 0.15) is 25.8 Å². The van der Waals surface area contributed by atoms with Crippen molar-refractivity contribution < 1.29 is 33.8 Å². The minimum absolute atomic E-state index is 0.0272. The Labute approximate surface area is 178 Å². The summed E-state index contributed by atoms with van der Waals surface area (Å²) in [6.07, 6.45) is -1.45. The highest BCUT2D eigenvalue weighted by molar-refractivity contribution is 6.28. The number of carboxylic acids is 1. The highest BCUT2D eigenvalue weighted by Gasteiger charge is 2.27. The second kappa shape index (κ2) is 12.4. The highest BCUT2D eigenvalue weighted by atomic mass is 35.5. The summed E-state index contributed by atoms with van der Waals surface area (Å²) < 4.78 is 5.01. The maximum Gasteiger partial charge on any atom is 0.408 e. The van der Waals surface area contributed by atoms with Crippen molar-refractivity contribution in [2.75, 3.05) is 5.88 Å². The molecule has 1 rings (SSSR count). The molecular weight excluding hydrogens is 418 g/mol. The topological polar surface area (TPSA) is 151 Å². The van der Waals surface area contributed by atoms with E-state index in [1.807, 2.05) is 6.07 Å². The predicted octanol–water partition coefficient (Wildman–Crippen LogP) is 0.573. The number of rotatable bonds is 11. The molecule has 0 bridgehead atoms. The second-order valence-corrected chi connectivity index (χ2v) is 6.68. The van der Waals surface area contributed by atoms with Gasteiger partial charge in [0.1, 0.15) is 18.7 Å². The van der Waals surface area contributed by atoms with Crippen molar-refractivity contribution >= 4 is 41.3 Å². The molecule has 0 unspecified atom stereocenters. The quantitative estimate of drug-likeness (QED) is 0.366. The summed E-state index contributed by atoms with van der Waals surface area (Å²) in [5, 5.41) is 15.8. The minimum atomic E-state index is -1.31. The number of ketones is 1. The van der Waals surface area contributed by atoms with Crippen molar-refractivity contribution in [1.29, 1.82) is 0 Å². The Morgan fingerprint density at radius 2 is 1.53 bits per heavy atom. The number of carbonyl (C=O) groups excluding carboxylic acids is 4. The van der Waals surface area contributed by atoms with Gasteiger partial charge in [0.2, 0.25) is 11.8 Å². The van der Waals surface area contributed by atoms with Crippen LogP contribution in [0.4, 0.5) is 4.79 Å². The summed E-state index contributed by atoms with van der Waals surface area (Å²) in [7, 11) is 0. The van der Waals surface area contributed by atoms with Crippen molar-refractivity contribution in [3.63, 3.8) is 0 Å². The first kappa shape index (κ1) is 24.9. The molecule has 0 aliphatic heterocycles. The number of alkyl carbamates (subject to hydrolysis) is 1. The van der Waals surface area contributed by atoms with Crippen LogP contribution < -0.4 is 16.0 Å². The number of amides is 3. The molecule has 4 N–H and O–H groups in total. The van der Waals surface area contributed by atoms with E-state index in [4.69, 9.17) is 21.4 Å². The fraction of sp³-hybridized carbons (Fsp3) is 0.421. The van der Waals surface area contributed by atoms with Crippen molar-refractivity contribution in [2.24, 2.45) is 0 Å². The van der Waals surface area contributed by atoms with E-state index in [1.165, 1.54) is 13.8 Å². The number of carboxylic acid groups (broad SMARTS) is 1. The van der Waals surface area contributed by atoms with E-state index in [0.29, 0.717) is 0 Å². The second-order valence-electron chi connectivity index (χ2n) is 6.42. The number of benzene rings is 1. The van der Waals surface area contributed by atoms with Gasteiger partial charge in [0.05, 0.1) is 18.3 Å². The Hall–Kier alpha value is -3.14. The Balaban J connectivity index is 2.50. The van der Waals surface area contributed by atoms with E-state index in [0.717, 1.165) is 5.56 Å². The number of halogens is 1. The number of hydrogen-bond donors (Lipinski definition) is 4. The smallest absolute Gasteiger partial charge is 0.408 e. The monoisotopic (exact) mass is 441 g/mol. The van der Waals surface area contributed by atoms with Gasteiger partial charge in [-0.25, -0.2) is 4.79 Å². The number of ether oxygens (including phenoxy) is 1. The number of aliphatic carboxylic acids is 1. The normalized spacial score (nSPS) is 13.3. The largest absolute Gasteiger partial charge is 0.481 e. The first-order valence-corrected chi connectivity index (χ1v) is 9.56. The van der Waals surface area contributed by atoms with Crippen LogP contribution in [0.15, 0.2) is 30.3 Å². The van der Waals surface area contributed by atoms with E-state index >= 15 is 0 Å². The van der Waals surface area contributed by atoms with Gasteiger partial charge in [-0.2, -0.15) is 0 Å². The van der Waals surface area contributed by atoms with Crippen LogP contribution in [0, 0.1) is 0 Å². The molecule has 0 heterocycles. The fourth-order valence-electron chi connectivity index (χ4n) is 2.22. The van der Waals surface area contributed by atoms with Gasteiger partial charge in [-0.1, -0.05) is 30.3 Å². The van der Waals surface area contributed by atoms with Crippen LogP contribution in [-0.4, -0.2) is 58.8 Å². The fourth-order valence-corrected chi connectivity index (χ4v) is 2.41. The molecule has 1 aromatic carbocycles. The molecular formula is C19H24ClN3O7. The summed E-state index contributed by atoms with van der Waals surface area (Å²) in [4.78, 5) is 58.6. The predicted molar refractivity (Wildman–Crippen MR) is 107 cm³/mol. The summed E-state index contributed by atoms with van der Waals surface area (Å²) in [6.45, 7) is 2.77.